The molecule has 1 saturated heterocycles. The predicted octanol–water partition coefficient (Wildman–Crippen LogP) is 1.28. The van der Waals surface area contributed by atoms with Crippen molar-refractivity contribution in [2.24, 2.45) is 5.92 Å². The molecule has 1 aliphatic rings. The summed E-state index contributed by atoms with van der Waals surface area (Å²) >= 11 is 0. The zero-order valence-corrected chi connectivity index (χ0v) is 19.4. The molecule has 1 aliphatic heterocycles. The van der Waals surface area contributed by atoms with E-state index in [1.165, 1.54) is 8.99 Å². The Morgan fingerprint density at radius 2 is 1.59 bits per heavy atom. The van der Waals surface area contributed by atoms with Gasteiger partial charge in [0.2, 0.25) is 15.9 Å². The molecule has 0 saturated carbocycles. The number of hydrazine groups is 1. The molecule has 0 unspecified atom stereocenters. The molecule has 2 amide bonds. The van der Waals surface area contributed by atoms with E-state index in [4.69, 9.17) is 0 Å². The molecule has 2 aromatic carbocycles. The van der Waals surface area contributed by atoms with Crippen molar-refractivity contribution in [2.75, 3.05) is 13.1 Å². The average Bonchev–Trinajstić information content (AvgIpc) is 2.88. The summed E-state index contributed by atoms with van der Waals surface area (Å²) in [4.78, 5) is 38.1. The van der Waals surface area contributed by atoms with E-state index >= 15 is 0 Å². The van der Waals surface area contributed by atoms with Gasteiger partial charge < -0.3 is 0 Å². The van der Waals surface area contributed by atoms with E-state index in [0.717, 1.165) is 0 Å². The number of hydrogen-bond acceptors (Lipinski definition) is 6. The van der Waals surface area contributed by atoms with Gasteiger partial charge in [-0.1, -0.05) is 36.4 Å². The molecule has 0 bridgehead atoms. The average molecular weight is 484 g/mol. The van der Waals surface area contributed by atoms with Crippen molar-refractivity contribution < 1.29 is 18.0 Å². The summed E-state index contributed by atoms with van der Waals surface area (Å²) in [7, 11) is -3.61. The molecule has 178 valence electrons. The number of aromatic nitrogens is 2. The Hall–Kier alpha value is -3.57. The van der Waals surface area contributed by atoms with Crippen LogP contribution in [0, 0.1) is 5.92 Å². The maximum atomic E-state index is 12.8. The predicted molar refractivity (Wildman–Crippen MR) is 125 cm³/mol. The van der Waals surface area contributed by atoms with Crippen molar-refractivity contribution in [2.45, 2.75) is 31.2 Å². The second-order valence-corrected chi connectivity index (χ2v) is 9.89. The molecule has 0 radical (unpaired) electrons. The summed E-state index contributed by atoms with van der Waals surface area (Å²) in [6.07, 6.45) is 0.658. The lowest BCUT2D eigenvalue weighted by Crippen LogP contribution is -2.48. The van der Waals surface area contributed by atoms with Crippen LogP contribution in [0.25, 0.3) is 10.8 Å². The lowest BCUT2D eigenvalue weighted by Gasteiger charge is -2.30. The maximum Gasteiger partial charge on any atom is 0.290 e. The molecule has 0 aliphatic carbocycles. The van der Waals surface area contributed by atoms with Gasteiger partial charge in [-0.15, -0.1) is 0 Å². The van der Waals surface area contributed by atoms with Crippen LogP contribution in [0.1, 0.15) is 30.3 Å². The third-order valence-corrected chi connectivity index (χ3v) is 7.80. The van der Waals surface area contributed by atoms with E-state index in [1.807, 2.05) is 0 Å². The molecular weight excluding hydrogens is 458 g/mol. The summed E-state index contributed by atoms with van der Waals surface area (Å²) < 4.78 is 28.1. The molecule has 1 aromatic heterocycles. The molecule has 10 nitrogen and oxygen atoms in total. The number of sulfonamides is 1. The molecule has 0 atom stereocenters. The monoisotopic (exact) mass is 483 g/mol. The Labute approximate surface area is 196 Å². The van der Waals surface area contributed by atoms with Gasteiger partial charge in [0, 0.05) is 30.9 Å². The van der Waals surface area contributed by atoms with Crippen molar-refractivity contribution in [3.05, 3.63) is 70.6 Å². The summed E-state index contributed by atoms with van der Waals surface area (Å²) in [5.41, 5.74) is 4.53. The second kappa shape index (κ2) is 9.74. The minimum Gasteiger partial charge on any atom is -0.273 e. The number of aryl methyl sites for hydroxylation is 1. The van der Waals surface area contributed by atoms with Gasteiger partial charge in [0.05, 0.1) is 10.3 Å². The van der Waals surface area contributed by atoms with Gasteiger partial charge in [0.25, 0.3) is 11.5 Å². The first kappa shape index (κ1) is 23.6. The van der Waals surface area contributed by atoms with Crippen molar-refractivity contribution >= 4 is 32.6 Å². The first-order chi connectivity index (χ1) is 16.3. The highest BCUT2D eigenvalue weighted by Crippen LogP contribution is 2.23. The van der Waals surface area contributed by atoms with Crippen LogP contribution in [0.2, 0.25) is 0 Å². The van der Waals surface area contributed by atoms with Crippen LogP contribution in [0.4, 0.5) is 0 Å². The Kier molecular flexibility index (Phi) is 6.75. The zero-order valence-electron chi connectivity index (χ0n) is 18.6. The number of fused-ring (bicyclic) bond motifs is 1. The SMILES string of the molecule is CCn1nc(C(=O)NNC(=O)C2CCN(S(=O)(=O)c3ccccc3)CC2)c2ccccc2c1=O. The van der Waals surface area contributed by atoms with Gasteiger partial charge in [0.1, 0.15) is 0 Å². The van der Waals surface area contributed by atoms with Crippen LogP contribution < -0.4 is 16.4 Å². The molecule has 0 spiro atoms. The van der Waals surface area contributed by atoms with E-state index < -0.39 is 27.8 Å². The summed E-state index contributed by atoms with van der Waals surface area (Å²) in [5.74, 6) is -1.49. The van der Waals surface area contributed by atoms with Crippen LogP contribution in [-0.4, -0.2) is 47.4 Å². The Morgan fingerprint density at radius 3 is 2.24 bits per heavy atom. The highest BCUT2D eigenvalue weighted by atomic mass is 32.2. The lowest BCUT2D eigenvalue weighted by atomic mass is 9.98. The van der Waals surface area contributed by atoms with Crippen LogP contribution in [0.3, 0.4) is 0 Å². The normalized spacial score (nSPS) is 15.2. The largest absolute Gasteiger partial charge is 0.290 e. The van der Waals surface area contributed by atoms with E-state index in [1.54, 1.807) is 61.5 Å². The molecule has 11 heteroatoms. The molecule has 1 fully saturated rings. The van der Waals surface area contributed by atoms with Gasteiger partial charge in [-0.05, 0) is 38.0 Å². The standard InChI is InChI=1S/C23H25N5O5S/c1-2-28-23(31)19-11-7-6-10-18(19)20(26-28)22(30)25-24-21(29)16-12-14-27(15-13-16)34(32,33)17-8-4-3-5-9-17/h3-11,16H,2,12-15H2,1H3,(H,24,29)(H,25,30). The lowest BCUT2D eigenvalue weighted by molar-refractivity contribution is -0.126. The Bertz CT molecular complexity index is 1380. The van der Waals surface area contributed by atoms with E-state index in [0.29, 0.717) is 30.2 Å². The highest BCUT2D eigenvalue weighted by molar-refractivity contribution is 7.89. The minimum absolute atomic E-state index is 0.0288. The van der Waals surface area contributed by atoms with Gasteiger partial charge >= 0.3 is 0 Å². The molecule has 2 N–H and O–H groups in total. The minimum atomic E-state index is -3.61. The number of nitrogens with one attached hydrogen (secondary N) is 2. The van der Waals surface area contributed by atoms with E-state index in [-0.39, 0.29) is 29.2 Å². The maximum absolute atomic E-state index is 12.8. The van der Waals surface area contributed by atoms with Crippen molar-refractivity contribution in [3.63, 3.8) is 0 Å². The number of piperidine rings is 1. The number of rotatable bonds is 5. The van der Waals surface area contributed by atoms with Crippen LogP contribution in [0.5, 0.6) is 0 Å². The molecule has 34 heavy (non-hydrogen) atoms. The summed E-state index contributed by atoms with van der Waals surface area (Å²) in [5, 5.41) is 4.90. The number of benzene rings is 2. The summed E-state index contributed by atoms with van der Waals surface area (Å²) in [6, 6.07) is 14.8. The summed E-state index contributed by atoms with van der Waals surface area (Å²) in [6.45, 7) is 2.45. The number of nitrogens with zero attached hydrogens (tertiary/aromatic N) is 3. The highest BCUT2D eigenvalue weighted by Gasteiger charge is 2.32. The third-order valence-electron chi connectivity index (χ3n) is 5.89. The molecule has 4 rings (SSSR count). The van der Waals surface area contributed by atoms with E-state index in [9.17, 15) is 22.8 Å². The molecule has 2 heterocycles. The quantitative estimate of drug-likeness (QED) is 0.526. The topological polar surface area (TPSA) is 130 Å². The third kappa shape index (κ3) is 4.57. The van der Waals surface area contributed by atoms with Crippen molar-refractivity contribution in [1.29, 1.82) is 0 Å². The van der Waals surface area contributed by atoms with Crippen molar-refractivity contribution in [3.8, 4) is 0 Å². The first-order valence-corrected chi connectivity index (χ1v) is 12.4. The van der Waals surface area contributed by atoms with Gasteiger partial charge in [-0.2, -0.15) is 9.40 Å². The Balaban J connectivity index is 1.39. The first-order valence-electron chi connectivity index (χ1n) is 11.0. The van der Waals surface area contributed by atoms with Crippen LogP contribution in [-0.2, 0) is 21.4 Å². The number of amides is 2. The van der Waals surface area contributed by atoms with Gasteiger partial charge in [-0.3, -0.25) is 25.2 Å². The fourth-order valence-corrected chi connectivity index (χ4v) is 5.49. The van der Waals surface area contributed by atoms with Crippen LogP contribution >= 0.6 is 0 Å². The molecule has 3 aromatic rings. The zero-order chi connectivity index (χ0) is 24.3. The Morgan fingerprint density at radius 1 is 0.971 bits per heavy atom. The molecular formula is C23H25N5O5S. The van der Waals surface area contributed by atoms with Gasteiger partial charge in [0.15, 0.2) is 5.69 Å². The fourth-order valence-electron chi connectivity index (χ4n) is 4.00. The second-order valence-electron chi connectivity index (χ2n) is 7.95. The number of carbonyl (C=O) groups is 2. The van der Waals surface area contributed by atoms with E-state index in [2.05, 4.69) is 16.0 Å². The number of carbonyl (C=O) groups excluding carboxylic acids is 2. The van der Waals surface area contributed by atoms with Crippen molar-refractivity contribution in [1.82, 2.24) is 24.9 Å². The smallest absolute Gasteiger partial charge is 0.273 e. The van der Waals surface area contributed by atoms with Gasteiger partial charge in [-0.25, -0.2) is 13.1 Å². The van der Waals surface area contributed by atoms with Crippen LogP contribution in [0.15, 0.2) is 64.3 Å². The fraction of sp³-hybridized carbons (Fsp3) is 0.304. The number of hydrogen-bond donors (Lipinski definition) is 2.